The van der Waals surface area contributed by atoms with Crippen LogP contribution in [0.1, 0.15) is 38.9 Å². The van der Waals surface area contributed by atoms with Gasteiger partial charge in [-0.1, -0.05) is 6.92 Å². The number of hydrogen-bond acceptors (Lipinski definition) is 4. The molecule has 0 aliphatic rings. The number of hydrogen-bond donors (Lipinski definition) is 2. The molecule has 16 heavy (non-hydrogen) atoms. The zero-order valence-electron chi connectivity index (χ0n) is 9.92. The molecule has 2 N–H and O–H groups in total. The van der Waals surface area contributed by atoms with Gasteiger partial charge in [-0.25, -0.2) is 0 Å². The monoisotopic (exact) mass is 225 g/mol. The molecule has 1 rings (SSSR count). The first kappa shape index (κ1) is 12.9. The molecule has 0 saturated heterocycles. The summed E-state index contributed by atoms with van der Waals surface area (Å²) in [6, 6.07) is 1.70. The maximum Gasteiger partial charge on any atom is 0.138 e. The molecule has 0 aliphatic heterocycles. The Morgan fingerprint density at radius 3 is 2.56 bits per heavy atom. The zero-order valence-corrected chi connectivity index (χ0v) is 9.92. The average Bonchev–Trinajstić information content (AvgIpc) is 2.26. The van der Waals surface area contributed by atoms with Gasteiger partial charge in [-0.3, -0.25) is 4.98 Å². The third-order valence-corrected chi connectivity index (χ3v) is 2.23. The lowest BCUT2D eigenvalue weighted by molar-refractivity contribution is 0.0161. The van der Waals surface area contributed by atoms with Crippen LogP contribution in [-0.4, -0.2) is 27.4 Å². The van der Waals surface area contributed by atoms with Crippen molar-refractivity contribution in [3.8, 4) is 5.75 Å². The molecule has 0 radical (unpaired) electrons. The van der Waals surface area contributed by atoms with E-state index in [0.29, 0.717) is 17.7 Å². The highest BCUT2D eigenvalue weighted by Gasteiger charge is 2.17. The second-order valence-electron chi connectivity index (χ2n) is 4.04. The van der Waals surface area contributed by atoms with E-state index in [-0.39, 0.29) is 6.10 Å². The molecular formula is C12H19NO3. The van der Waals surface area contributed by atoms with E-state index in [1.165, 1.54) is 6.20 Å². The largest absolute Gasteiger partial charge is 0.489 e. The van der Waals surface area contributed by atoms with Gasteiger partial charge in [0, 0.05) is 11.8 Å². The molecule has 2 unspecified atom stereocenters. The minimum Gasteiger partial charge on any atom is -0.489 e. The van der Waals surface area contributed by atoms with Crippen molar-refractivity contribution in [3.05, 3.63) is 24.0 Å². The molecule has 0 spiro atoms. The molecule has 90 valence electrons. The van der Waals surface area contributed by atoms with Gasteiger partial charge in [-0.2, -0.15) is 0 Å². The molecule has 0 fully saturated rings. The summed E-state index contributed by atoms with van der Waals surface area (Å²) in [7, 11) is 0. The van der Waals surface area contributed by atoms with Crippen molar-refractivity contribution >= 4 is 0 Å². The van der Waals surface area contributed by atoms with Crippen molar-refractivity contribution in [1.29, 1.82) is 0 Å². The summed E-state index contributed by atoms with van der Waals surface area (Å²) < 4.78 is 5.46. The van der Waals surface area contributed by atoms with E-state index in [1.54, 1.807) is 12.3 Å². The van der Waals surface area contributed by atoms with Gasteiger partial charge in [-0.15, -0.1) is 0 Å². The van der Waals surface area contributed by atoms with E-state index < -0.39 is 12.2 Å². The Balaban J connectivity index is 2.81. The first-order valence-electron chi connectivity index (χ1n) is 5.52. The van der Waals surface area contributed by atoms with Gasteiger partial charge >= 0.3 is 0 Å². The number of aromatic nitrogens is 1. The number of ether oxygens (including phenoxy) is 1. The Labute approximate surface area is 95.9 Å². The van der Waals surface area contributed by atoms with Crippen LogP contribution in [0.25, 0.3) is 0 Å². The summed E-state index contributed by atoms with van der Waals surface area (Å²) in [5.41, 5.74) is 0.576. The molecule has 2 atom stereocenters. The normalized spacial score (nSPS) is 14.9. The van der Waals surface area contributed by atoms with Crippen LogP contribution in [0.3, 0.4) is 0 Å². The van der Waals surface area contributed by atoms with E-state index in [4.69, 9.17) is 4.74 Å². The standard InChI is InChI=1S/C12H19NO3/c1-4-11(14)12(15)9-5-10(7-13-6-9)16-8(2)3/h5-8,11-12,14-15H,4H2,1-3H3. The summed E-state index contributed by atoms with van der Waals surface area (Å²) in [6.45, 7) is 5.66. The third kappa shape index (κ3) is 3.47. The number of rotatable bonds is 5. The summed E-state index contributed by atoms with van der Waals surface area (Å²) in [6.07, 6.45) is 2.01. The van der Waals surface area contributed by atoms with Gasteiger partial charge in [0.25, 0.3) is 0 Å². The molecule has 1 heterocycles. The van der Waals surface area contributed by atoms with E-state index in [9.17, 15) is 10.2 Å². The lowest BCUT2D eigenvalue weighted by Gasteiger charge is -2.17. The van der Waals surface area contributed by atoms with Gasteiger partial charge in [0.1, 0.15) is 11.9 Å². The Bertz CT molecular complexity index is 328. The Morgan fingerprint density at radius 1 is 1.31 bits per heavy atom. The molecule has 0 saturated carbocycles. The van der Waals surface area contributed by atoms with Crippen molar-refractivity contribution in [3.63, 3.8) is 0 Å². The smallest absolute Gasteiger partial charge is 0.138 e. The van der Waals surface area contributed by atoms with Crippen LogP contribution in [-0.2, 0) is 0 Å². The second-order valence-corrected chi connectivity index (χ2v) is 4.04. The maximum absolute atomic E-state index is 9.80. The first-order valence-corrected chi connectivity index (χ1v) is 5.52. The second kappa shape index (κ2) is 5.82. The molecule has 4 heteroatoms. The van der Waals surface area contributed by atoms with Crippen LogP contribution in [0.2, 0.25) is 0 Å². The van der Waals surface area contributed by atoms with E-state index in [1.807, 2.05) is 20.8 Å². The van der Waals surface area contributed by atoms with Crippen LogP contribution in [0.15, 0.2) is 18.5 Å². The molecule has 0 bridgehead atoms. The van der Waals surface area contributed by atoms with Crippen molar-refractivity contribution in [2.24, 2.45) is 0 Å². The Hall–Kier alpha value is -1.13. The first-order chi connectivity index (χ1) is 7.54. The molecular weight excluding hydrogens is 206 g/mol. The SMILES string of the molecule is CCC(O)C(O)c1cncc(OC(C)C)c1. The quantitative estimate of drug-likeness (QED) is 0.800. The lowest BCUT2D eigenvalue weighted by Crippen LogP contribution is -2.17. The van der Waals surface area contributed by atoms with Crippen LogP contribution in [0.5, 0.6) is 5.75 Å². The highest BCUT2D eigenvalue weighted by Crippen LogP contribution is 2.22. The molecule has 0 aliphatic carbocycles. The third-order valence-electron chi connectivity index (χ3n) is 2.23. The fraction of sp³-hybridized carbons (Fsp3) is 0.583. The number of aliphatic hydroxyl groups excluding tert-OH is 2. The van der Waals surface area contributed by atoms with Crippen molar-refractivity contribution in [2.45, 2.75) is 45.5 Å². The topological polar surface area (TPSA) is 62.6 Å². The van der Waals surface area contributed by atoms with E-state index >= 15 is 0 Å². The van der Waals surface area contributed by atoms with Crippen molar-refractivity contribution < 1.29 is 14.9 Å². The predicted molar refractivity (Wildman–Crippen MR) is 61.3 cm³/mol. The minimum atomic E-state index is -0.909. The van der Waals surface area contributed by atoms with Crippen LogP contribution >= 0.6 is 0 Å². The molecule has 0 aromatic carbocycles. The predicted octanol–water partition coefficient (Wildman–Crippen LogP) is 1.67. The lowest BCUT2D eigenvalue weighted by atomic mass is 10.0. The molecule has 1 aromatic rings. The molecule has 1 aromatic heterocycles. The highest BCUT2D eigenvalue weighted by molar-refractivity contribution is 5.25. The number of nitrogens with zero attached hydrogens (tertiary/aromatic N) is 1. The fourth-order valence-corrected chi connectivity index (χ4v) is 1.38. The van der Waals surface area contributed by atoms with Crippen molar-refractivity contribution in [1.82, 2.24) is 4.98 Å². The summed E-state index contributed by atoms with van der Waals surface area (Å²) in [5, 5.41) is 19.3. The maximum atomic E-state index is 9.80. The Kier molecular flexibility index (Phi) is 4.71. The van der Waals surface area contributed by atoms with Crippen LogP contribution < -0.4 is 4.74 Å². The van der Waals surface area contributed by atoms with Gasteiger partial charge < -0.3 is 14.9 Å². The van der Waals surface area contributed by atoms with Crippen LogP contribution in [0.4, 0.5) is 0 Å². The van der Waals surface area contributed by atoms with Crippen LogP contribution in [0, 0.1) is 0 Å². The minimum absolute atomic E-state index is 0.0605. The summed E-state index contributed by atoms with van der Waals surface area (Å²) in [4.78, 5) is 3.98. The van der Waals surface area contributed by atoms with Gasteiger partial charge in [0.2, 0.25) is 0 Å². The molecule has 4 nitrogen and oxygen atoms in total. The van der Waals surface area contributed by atoms with E-state index in [2.05, 4.69) is 4.98 Å². The number of pyridine rings is 1. The van der Waals surface area contributed by atoms with Gasteiger partial charge in [-0.05, 0) is 26.3 Å². The van der Waals surface area contributed by atoms with Gasteiger partial charge in [0.05, 0.1) is 18.4 Å². The summed E-state index contributed by atoms with van der Waals surface area (Å²) in [5.74, 6) is 0.606. The number of aliphatic hydroxyl groups is 2. The Morgan fingerprint density at radius 2 is 2.00 bits per heavy atom. The average molecular weight is 225 g/mol. The molecule has 0 amide bonds. The fourth-order valence-electron chi connectivity index (χ4n) is 1.38. The van der Waals surface area contributed by atoms with Gasteiger partial charge in [0.15, 0.2) is 0 Å². The van der Waals surface area contributed by atoms with E-state index in [0.717, 1.165) is 0 Å². The highest BCUT2D eigenvalue weighted by atomic mass is 16.5. The summed E-state index contributed by atoms with van der Waals surface area (Å²) >= 11 is 0. The zero-order chi connectivity index (χ0) is 12.1. The van der Waals surface area contributed by atoms with Crippen molar-refractivity contribution in [2.75, 3.05) is 0 Å².